The van der Waals surface area contributed by atoms with Crippen molar-refractivity contribution in [1.82, 2.24) is 15.0 Å². The molecule has 0 aliphatic rings. The number of aliphatic hydroxyl groups is 1. The zero-order chi connectivity index (χ0) is 25.2. The number of ether oxygens (including phenoxy) is 1. The van der Waals surface area contributed by atoms with Gasteiger partial charge in [0.1, 0.15) is 17.1 Å². The molecule has 0 radical (unpaired) electrons. The molecule has 8 heteroatoms. The van der Waals surface area contributed by atoms with Gasteiger partial charge in [0.25, 0.3) is 5.56 Å². The van der Waals surface area contributed by atoms with Gasteiger partial charge < -0.3 is 25.1 Å². The number of fused-ring (bicyclic) bond motifs is 1. The maximum absolute atomic E-state index is 12.9. The van der Waals surface area contributed by atoms with Crippen molar-refractivity contribution in [3.8, 4) is 28.3 Å². The number of nitrogens with one attached hydrogen (secondary N) is 3. The van der Waals surface area contributed by atoms with Crippen LogP contribution in [0.1, 0.15) is 17.2 Å². The molecule has 36 heavy (non-hydrogen) atoms. The van der Waals surface area contributed by atoms with E-state index in [1.165, 1.54) is 0 Å². The lowest BCUT2D eigenvalue weighted by Crippen LogP contribution is -2.17. The maximum Gasteiger partial charge on any atom is 0.261 e. The van der Waals surface area contributed by atoms with Crippen LogP contribution < -0.4 is 15.6 Å². The molecule has 0 spiro atoms. The lowest BCUT2D eigenvalue weighted by Gasteiger charge is -2.15. The third kappa shape index (κ3) is 4.71. The number of aromatic nitrogens is 3. The second-order valence-electron chi connectivity index (χ2n) is 8.55. The van der Waals surface area contributed by atoms with Gasteiger partial charge in [-0.25, -0.2) is 4.98 Å². The number of aliphatic hydroxyl groups excluding tert-OH is 1. The molecule has 0 aliphatic heterocycles. The minimum absolute atomic E-state index is 0.192. The van der Waals surface area contributed by atoms with E-state index in [0.29, 0.717) is 27.7 Å². The van der Waals surface area contributed by atoms with E-state index in [1.807, 2.05) is 37.3 Å². The molecular weight excluding hydrogens is 476 g/mol. The third-order valence-electron chi connectivity index (χ3n) is 6.12. The Bertz CT molecular complexity index is 1590. The molecule has 3 aromatic carbocycles. The number of hydrogen-bond donors (Lipinski definition) is 4. The van der Waals surface area contributed by atoms with Crippen molar-refractivity contribution in [2.45, 2.75) is 13.0 Å². The Balaban J connectivity index is 1.48. The van der Waals surface area contributed by atoms with Crippen LogP contribution in [0.5, 0.6) is 5.75 Å². The van der Waals surface area contributed by atoms with E-state index in [9.17, 15) is 9.90 Å². The van der Waals surface area contributed by atoms with Crippen LogP contribution in [0.4, 0.5) is 5.69 Å². The number of aryl methyl sites for hydroxylation is 1. The van der Waals surface area contributed by atoms with Gasteiger partial charge in [-0.15, -0.1) is 0 Å². The van der Waals surface area contributed by atoms with Crippen molar-refractivity contribution >= 4 is 28.3 Å². The summed E-state index contributed by atoms with van der Waals surface area (Å²) in [7, 11) is 1.64. The second kappa shape index (κ2) is 9.89. The van der Waals surface area contributed by atoms with E-state index in [0.717, 1.165) is 33.5 Å². The number of benzene rings is 3. The highest BCUT2D eigenvalue weighted by atomic mass is 35.5. The number of H-pyrrole nitrogens is 2. The summed E-state index contributed by atoms with van der Waals surface area (Å²) in [6, 6.07) is 20.8. The van der Waals surface area contributed by atoms with Crippen molar-refractivity contribution < 1.29 is 9.84 Å². The number of rotatable bonds is 7. The molecule has 5 aromatic rings. The van der Waals surface area contributed by atoms with Crippen LogP contribution in [0.2, 0.25) is 5.02 Å². The van der Waals surface area contributed by atoms with E-state index in [-0.39, 0.29) is 12.1 Å². The third-order valence-corrected chi connectivity index (χ3v) is 6.35. The summed E-state index contributed by atoms with van der Waals surface area (Å²) < 4.78 is 5.26. The Morgan fingerprint density at radius 1 is 1.08 bits per heavy atom. The summed E-state index contributed by atoms with van der Waals surface area (Å²) in [5, 5.41) is 14.4. The molecule has 5 rings (SSSR count). The molecule has 0 aliphatic carbocycles. The Labute approximate surface area is 212 Å². The number of methoxy groups -OCH3 is 1. The molecular formula is C28H25ClN4O3. The van der Waals surface area contributed by atoms with E-state index in [2.05, 4.69) is 21.4 Å². The van der Waals surface area contributed by atoms with Gasteiger partial charge in [-0.05, 0) is 71.6 Å². The zero-order valence-electron chi connectivity index (χ0n) is 19.8. The molecule has 0 saturated heterocycles. The quantitative estimate of drug-likeness (QED) is 0.229. The monoisotopic (exact) mass is 500 g/mol. The van der Waals surface area contributed by atoms with E-state index < -0.39 is 6.10 Å². The van der Waals surface area contributed by atoms with Crippen LogP contribution >= 0.6 is 11.6 Å². The number of pyridine rings is 1. The molecule has 182 valence electrons. The van der Waals surface area contributed by atoms with Crippen LogP contribution in [-0.4, -0.2) is 33.7 Å². The molecule has 2 aromatic heterocycles. The van der Waals surface area contributed by atoms with Crippen molar-refractivity contribution in [2.75, 3.05) is 19.0 Å². The normalized spacial score (nSPS) is 12.0. The summed E-state index contributed by atoms with van der Waals surface area (Å²) >= 11 is 6.05. The van der Waals surface area contributed by atoms with E-state index >= 15 is 0 Å². The van der Waals surface area contributed by atoms with Crippen molar-refractivity contribution in [1.29, 1.82) is 0 Å². The summed E-state index contributed by atoms with van der Waals surface area (Å²) in [5.74, 6) is 1.24. The first-order valence-corrected chi connectivity index (χ1v) is 11.8. The minimum Gasteiger partial charge on any atom is -0.497 e. The molecule has 0 bridgehead atoms. The van der Waals surface area contributed by atoms with Crippen LogP contribution in [0.25, 0.3) is 33.5 Å². The number of nitrogens with zero attached hydrogens (tertiary/aromatic N) is 1. The molecule has 0 saturated carbocycles. The van der Waals surface area contributed by atoms with Crippen LogP contribution in [0.15, 0.2) is 77.7 Å². The van der Waals surface area contributed by atoms with Crippen molar-refractivity contribution in [2.24, 2.45) is 0 Å². The minimum atomic E-state index is -0.805. The van der Waals surface area contributed by atoms with Crippen LogP contribution in [-0.2, 0) is 0 Å². The number of hydrogen-bond acceptors (Lipinski definition) is 5. The zero-order valence-corrected chi connectivity index (χ0v) is 20.6. The SMILES string of the molecule is COc1ccc(-c2cc(C)c3nc(-c4c(NCC(O)c5cccc(Cl)c5)cc[nH]c4=O)[nH]c3c2)cc1. The fourth-order valence-electron chi connectivity index (χ4n) is 4.26. The lowest BCUT2D eigenvalue weighted by molar-refractivity contribution is 0.191. The predicted molar refractivity (Wildman–Crippen MR) is 144 cm³/mol. The molecule has 4 N–H and O–H groups in total. The fourth-order valence-corrected chi connectivity index (χ4v) is 4.46. The lowest BCUT2D eigenvalue weighted by atomic mass is 10.0. The number of aromatic amines is 2. The predicted octanol–water partition coefficient (Wildman–Crippen LogP) is 5.70. The summed E-state index contributed by atoms with van der Waals surface area (Å²) in [6.45, 7) is 2.19. The molecule has 0 amide bonds. The number of halogens is 1. The Morgan fingerprint density at radius 2 is 1.89 bits per heavy atom. The fraction of sp³-hybridized carbons (Fsp3) is 0.143. The summed E-state index contributed by atoms with van der Waals surface area (Å²) in [6.07, 6.45) is 0.760. The molecule has 1 atom stereocenters. The average molecular weight is 501 g/mol. The molecule has 2 heterocycles. The first-order chi connectivity index (χ1) is 17.4. The highest BCUT2D eigenvalue weighted by molar-refractivity contribution is 6.30. The smallest absolute Gasteiger partial charge is 0.261 e. The Morgan fingerprint density at radius 3 is 2.64 bits per heavy atom. The first-order valence-electron chi connectivity index (χ1n) is 11.5. The van der Waals surface area contributed by atoms with Gasteiger partial charge in [0.15, 0.2) is 0 Å². The van der Waals surface area contributed by atoms with Gasteiger partial charge in [-0.2, -0.15) is 0 Å². The first kappa shape index (κ1) is 23.7. The summed E-state index contributed by atoms with van der Waals surface area (Å²) in [4.78, 5) is 23.7. The Kier molecular flexibility index (Phi) is 6.50. The summed E-state index contributed by atoms with van der Waals surface area (Å²) in [5.41, 5.74) is 6.01. The number of imidazole rings is 1. The largest absolute Gasteiger partial charge is 0.497 e. The topological polar surface area (TPSA) is 103 Å². The van der Waals surface area contributed by atoms with Gasteiger partial charge >= 0.3 is 0 Å². The average Bonchev–Trinajstić information content (AvgIpc) is 3.31. The highest BCUT2D eigenvalue weighted by Crippen LogP contribution is 2.31. The van der Waals surface area contributed by atoms with Gasteiger partial charge in [0.2, 0.25) is 0 Å². The van der Waals surface area contributed by atoms with Gasteiger partial charge in [-0.1, -0.05) is 35.9 Å². The van der Waals surface area contributed by atoms with Crippen LogP contribution in [0.3, 0.4) is 0 Å². The van der Waals surface area contributed by atoms with E-state index in [1.54, 1.807) is 43.6 Å². The maximum atomic E-state index is 12.9. The van der Waals surface area contributed by atoms with Crippen molar-refractivity contribution in [3.05, 3.63) is 99.4 Å². The molecule has 7 nitrogen and oxygen atoms in total. The number of anilines is 1. The van der Waals surface area contributed by atoms with Gasteiger partial charge in [-0.3, -0.25) is 4.79 Å². The standard InChI is InChI=1S/C28H25ClN4O3/c1-16-12-19(17-6-8-21(36-2)9-7-17)14-23-26(16)33-27(32-23)25-22(10-11-30-28(25)35)31-15-24(34)18-4-3-5-20(29)13-18/h3-14,24,34H,15H2,1-2H3,(H,32,33)(H2,30,31,35). The van der Waals surface area contributed by atoms with Crippen molar-refractivity contribution in [3.63, 3.8) is 0 Å². The molecule has 1 unspecified atom stereocenters. The van der Waals surface area contributed by atoms with Crippen LogP contribution in [0, 0.1) is 6.92 Å². The van der Waals surface area contributed by atoms with E-state index in [4.69, 9.17) is 21.3 Å². The second-order valence-corrected chi connectivity index (χ2v) is 8.99. The Hall–Kier alpha value is -4.07. The van der Waals surface area contributed by atoms with Gasteiger partial charge in [0.05, 0.1) is 29.9 Å². The van der Waals surface area contributed by atoms with Gasteiger partial charge in [0, 0.05) is 17.8 Å². The highest BCUT2D eigenvalue weighted by Gasteiger charge is 2.17. The molecule has 0 fully saturated rings.